The van der Waals surface area contributed by atoms with Gasteiger partial charge in [0.1, 0.15) is 5.78 Å². The molecule has 19 heavy (non-hydrogen) atoms. The van der Waals surface area contributed by atoms with E-state index in [2.05, 4.69) is 0 Å². The lowest BCUT2D eigenvalue weighted by Gasteiger charge is -2.29. The van der Waals surface area contributed by atoms with Crippen molar-refractivity contribution < 1.29 is 19.5 Å². The summed E-state index contributed by atoms with van der Waals surface area (Å²) < 4.78 is 0. The Labute approximate surface area is 110 Å². The van der Waals surface area contributed by atoms with E-state index in [1.165, 1.54) is 0 Å². The predicted octanol–water partition coefficient (Wildman–Crippen LogP) is 1.41. The van der Waals surface area contributed by atoms with Gasteiger partial charge in [0.2, 0.25) is 0 Å². The molecule has 1 fully saturated rings. The first kappa shape index (κ1) is 12.2. The first-order valence-electron chi connectivity index (χ1n) is 6.47. The molecule has 98 valence electrons. The zero-order valence-corrected chi connectivity index (χ0v) is 10.3. The first-order chi connectivity index (χ1) is 9.09. The largest absolute Gasteiger partial charge is 0.392 e. The van der Waals surface area contributed by atoms with Gasteiger partial charge < -0.3 is 5.11 Å². The van der Waals surface area contributed by atoms with E-state index in [1.807, 2.05) is 0 Å². The Morgan fingerprint density at radius 2 is 1.58 bits per heavy atom. The van der Waals surface area contributed by atoms with Crippen LogP contribution in [0.2, 0.25) is 0 Å². The number of aliphatic hydroxyl groups is 1. The molecule has 0 amide bonds. The van der Waals surface area contributed by atoms with E-state index in [-0.39, 0.29) is 23.8 Å². The lowest BCUT2D eigenvalue weighted by atomic mass is 9.75. The van der Waals surface area contributed by atoms with Crippen molar-refractivity contribution in [2.24, 2.45) is 11.8 Å². The van der Waals surface area contributed by atoms with Crippen molar-refractivity contribution >= 4 is 17.3 Å². The van der Waals surface area contributed by atoms with E-state index in [9.17, 15) is 19.5 Å². The fourth-order valence-electron chi connectivity index (χ4n) is 3.15. The fourth-order valence-corrected chi connectivity index (χ4v) is 3.15. The van der Waals surface area contributed by atoms with Gasteiger partial charge in [0, 0.05) is 29.9 Å². The highest BCUT2D eigenvalue weighted by atomic mass is 16.3. The van der Waals surface area contributed by atoms with E-state index >= 15 is 0 Å². The predicted molar refractivity (Wildman–Crippen MR) is 66.9 cm³/mol. The molecule has 2 unspecified atom stereocenters. The van der Waals surface area contributed by atoms with Crippen LogP contribution in [0.1, 0.15) is 40.0 Å². The van der Waals surface area contributed by atoms with Gasteiger partial charge in [0.25, 0.3) is 0 Å². The number of carbonyl (C=O) groups excluding carboxylic acids is 3. The van der Waals surface area contributed by atoms with E-state index in [0.717, 1.165) is 0 Å². The Morgan fingerprint density at radius 1 is 1.00 bits per heavy atom. The van der Waals surface area contributed by atoms with Gasteiger partial charge in [0.15, 0.2) is 11.6 Å². The van der Waals surface area contributed by atoms with Crippen molar-refractivity contribution in [2.45, 2.75) is 25.4 Å². The molecule has 3 rings (SSSR count). The number of ketones is 3. The third kappa shape index (κ3) is 1.83. The summed E-state index contributed by atoms with van der Waals surface area (Å²) in [6.07, 6.45) is -0.0722. The standard InChI is InChI=1S/C15H14O4/c16-8-5-6-11(12(17)7-8)13-14(18)9-3-1-2-4-10(9)15(13)19/h1-4,11-13,17H,5-7H2. The normalized spacial score (nSPS) is 27.7. The summed E-state index contributed by atoms with van der Waals surface area (Å²) in [5.41, 5.74) is 0.892. The van der Waals surface area contributed by atoms with E-state index in [4.69, 9.17) is 0 Å². The van der Waals surface area contributed by atoms with Gasteiger partial charge >= 0.3 is 0 Å². The number of rotatable bonds is 1. The number of carbonyl (C=O) groups is 3. The number of aliphatic hydroxyl groups excluding tert-OH is 1. The molecule has 1 aromatic rings. The van der Waals surface area contributed by atoms with Gasteiger partial charge in [-0.25, -0.2) is 0 Å². The fraction of sp³-hybridized carbons (Fsp3) is 0.400. The SMILES string of the molecule is O=C1CCC(C2C(=O)c3ccccc3C2=O)C(O)C1. The molecule has 0 radical (unpaired) electrons. The lowest BCUT2D eigenvalue weighted by molar-refractivity contribution is -0.125. The maximum absolute atomic E-state index is 12.3. The highest BCUT2D eigenvalue weighted by molar-refractivity contribution is 6.26. The van der Waals surface area contributed by atoms with Crippen molar-refractivity contribution in [3.05, 3.63) is 35.4 Å². The molecular formula is C15H14O4. The van der Waals surface area contributed by atoms with E-state index in [0.29, 0.717) is 24.0 Å². The second-order valence-corrected chi connectivity index (χ2v) is 5.26. The molecular weight excluding hydrogens is 244 g/mol. The van der Waals surface area contributed by atoms with Gasteiger partial charge in [-0.15, -0.1) is 0 Å². The molecule has 1 N–H and O–H groups in total. The summed E-state index contributed by atoms with van der Waals surface area (Å²) in [6.45, 7) is 0. The van der Waals surface area contributed by atoms with Gasteiger partial charge in [-0.05, 0) is 6.42 Å². The number of fused-ring (bicyclic) bond motifs is 1. The summed E-state index contributed by atoms with van der Waals surface area (Å²) in [7, 11) is 0. The van der Waals surface area contributed by atoms with Crippen molar-refractivity contribution in [3.63, 3.8) is 0 Å². The minimum Gasteiger partial charge on any atom is -0.392 e. The monoisotopic (exact) mass is 258 g/mol. The first-order valence-corrected chi connectivity index (χ1v) is 6.47. The third-order valence-corrected chi connectivity index (χ3v) is 4.14. The summed E-state index contributed by atoms with van der Waals surface area (Å²) in [6, 6.07) is 6.76. The molecule has 2 aliphatic carbocycles. The molecule has 4 heteroatoms. The summed E-state index contributed by atoms with van der Waals surface area (Å²) in [5.74, 6) is -1.65. The summed E-state index contributed by atoms with van der Waals surface area (Å²) in [4.78, 5) is 35.9. The topological polar surface area (TPSA) is 71.4 Å². The van der Waals surface area contributed by atoms with Crippen LogP contribution in [-0.4, -0.2) is 28.6 Å². The average molecular weight is 258 g/mol. The Balaban J connectivity index is 1.94. The van der Waals surface area contributed by atoms with Gasteiger partial charge in [-0.1, -0.05) is 24.3 Å². The zero-order valence-electron chi connectivity index (χ0n) is 10.3. The number of benzene rings is 1. The second kappa shape index (κ2) is 4.38. The molecule has 0 saturated heterocycles. The molecule has 0 spiro atoms. The third-order valence-electron chi connectivity index (χ3n) is 4.14. The Morgan fingerprint density at radius 3 is 2.11 bits per heavy atom. The van der Waals surface area contributed by atoms with Crippen molar-refractivity contribution in [1.29, 1.82) is 0 Å². The van der Waals surface area contributed by atoms with E-state index in [1.54, 1.807) is 24.3 Å². The van der Waals surface area contributed by atoms with Crippen LogP contribution < -0.4 is 0 Å². The van der Waals surface area contributed by atoms with Crippen molar-refractivity contribution in [3.8, 4) is 0 Å². The minimum atomic E-state index is -0.881. The van der Waals surface area contributed by atoms with E-state index < -0.39 is 17.9 Å². The molecule has 1 saturated carbocycles. The lowest BCUT2D eigenvalue weighted by Crippen LogP contribution is -2.39. The highest BCUT2D eigenvalue weighted by Gasteiger charge is 2.46. The second-order valence-electron chi connectivity index (χ2n) is 5.26. The van der Waals surface area contributed by atoms with Crippen molar-refractivity contribution in [2.75, 3.05) is 0 Å². The molecule has 0 aliphatic heterocycles. The Kier molecular flexibility index (Phi) is 2.82. The van der Waals surface area contributed by atoms with Crippen LogP contribution in [0.3, 0.4) is 0 Å². The molecule has 2 atom stereocenters. The number of hydrogen-bond donors (Lipinski definition) is 1. The summed E-state index contributed by atoms with van der Waals surface area (Å²) >= 11 is 0. The van der Waals surface area contributed by atoms with Crippen LogP contribution in [0.15, 0.2) is 24.3 Å². The quantitative estimate of drug-likeness (QED) is 0.773. The van der Waals surface area contributed by atoms with Crippen LogP contribution >= 0.6 is 0 Å². The highest BCUT2D eigenvalue weighted by Crippen LogP contribution is 2.37. The van der Waals surface area contributed by atoms with Crippen molar-refractivity contribution in [1.82, 2.24) is 0 Å². The van der Waals surface area contributed by atoms with Gasteiger partial charge in [-0.2, -0.15) is 0 Å². The van der Waals surface area contributed by atoms with Crippen LogP contribution in [0.5, 0.6) is 0 Å². The maximum atomic E-state index is 12.3. The average Bonchev–Trinajstić information content (AvgIpc) is 2.64. The van der Waals surface area contributed by atoms with Crippen LogP contribution in [0, 0.1) is 11.8 Å². The molecule has 1 aromatic carbocycles. The molecule has 0 heterocycles. The number of hydrogen-bond acceptors (Lipinski definition) is 4. The molecule has 4 nitrogen and oxygen atoms in total. The Hall–Kier alpha value is -1.81. The van der Waals surface area contributed by atoms with Crippen LogP contribution in [0.25, 0.3) is 0 Å². The molecule has 0 bridgehead atoms. The molecule has 2 aliphatic rings. The maximum Gasteiger partial charge on any atom is 0.174 e. The number of Topliss-reactive ketones (excluding diaryl/α,β-unsaturated/α-hetero) is 3. The zero-order chi connectivity index (χ0) is 13.6. The van der Waals surface area contributed by atoms with Gasteiger partial charge in [-0.3, -0.25) is 14.4 Å². The van der Waals surface area contributed by atoms with Gasteiger partial charge in [0.05, 0.1) is 12.0 Å². The minimum absolute atomic E-state index is 0.000779. The molecule has 0 aromatic heterocycles. The van der Waals surface area contributed by atoms with Crippen LogP contribution in [-0.2, 0) is 4.79 Å². The smallest absolute Gasteiger partial charge is 0.174 e. The van der Waals surface area contributed by atoms with Crippen LogP contribution in [0.4, 0.5) is 0 Å². The summed E-state index contributed by atoms with van der Waals surface area (Å²) in [5, 5.41) is 9.99. The Bertz CT molecular complexity index is 540.